The number of halogens is 3. The van der Waals surface area contributed by atoms with Crippen LogP contribution >= 0.6 is 11.9 Å². The van der Waals surface area contributed by atoms with Gasteiger partial charge in [-0.2, -0.15) is 18.3 Å². The molecule has 0 saturated carbocycles. The highest BCUT2D eigenvalue weighted by Crippen LogP contribution is 2.32. The maximum Gasteiger partial charge on any atom is 0.446 e. The second kappa shape index (κ2) is 8.21. The lowest BCUT2D eigenvalue weighted by atomic mass is 9.95. The van der Waals surface area contributed by atoms with Crippen molar-refractivity contribution < 1.29 is 22.8 Å². The van der Waals surface area contributed by atoms with E-state index in [0.29, 0.717) is 11.7 Å². The lowest BCUT2D eigenvalue weighted by Gasteiger charge is -2.20. The molecule has 2 rings (SSSR count). The van der Waals surface area contributed by atoms with E-state index in [1.165, 1.54) is 30.2 Å². The van der Waals surface area contributed by atoms with Crippen molar-refractivity contribution in [2.45, 2.75) is 38.8 Å². The van der Waals surface area contributed by atoms with Crippen molar-refractivity contribution in [1.82, 2.24) is 19.1 Å². The highest BCUT2D eigenvalue weighted by Gasteiger charge is 2.30. The monoisotopic (exact) mass is 415 g/mol. The summed E-state index contributed by atoms with van der Waals surface area (Å²) in [6.45, 7) is 7.29. The highest BCUT2D eigenvalue weighted by molar-refractivity contribution is 7.97. The van der Waals surface area contributed by atoms with Gasteiger partial charge in [0.1, 0.15) is 12.2 Å². The van der Waals surface area contributed by atoms with Gasteiger partial charge in [0.05, 0.1) is 5.56 Å². The molecule has 1 aromatic carbocycles. The van der Waals surface area contributed by atoms with Gasteiger partial charge in [-0.05, 0) is 37.1 Å². The summed E-state index contributed by atoms with van der Waals surface area (Å²) in [4.78, 5) is 21.4. The number of hydrogen-bond acceptors (Lipinski definition) is 6. The van der Waals surface area contributed by atoms with Crippen LogP contribution in [0.25, 0.3) is 0 Å². The predicted molar refractivity (Wildman–Crippen MR) is 98.6 cm³/mol. The maximum atomic E-state index is 12.8. The van der Waals surface area contributed by atoms with E-state index in [1.807, 2.05) is 20.8 Å². The molecule has 28 heavy (non-hydrogen) atoms. The Labute approximate surface area is 164 Å². The summed E-state index contributed by atoms with van der Waals surface area (Å²) in [5.74, 6) is 0.874. The number of aromatic nitrogens is 3. The first-order valence-corrected chi connectivity index (χ1v) is 8.92. The molecule has 2 aromatic rings. The normalized spacial score (nSPS) is 12.8. The van der Waals surface area contributed by atoms with Crippen LogP contribution in [0.1, 0.15) is 32.2 Å². The number of aryl methyl sites for hydroxylation is 1. The molecular weight excluding hydrogens is 395 g/mol. The number of alkyl halides is 3. The molecule has 11 heteroatoms. The molecule has 0 radical (unpaired) electrons. The first-order valence-electron chi connectivity index (χ1n) is 8.15. The second-order valence-corrected chi connectivity index (χ2v) is 8.07. The van der Waals surface area contributed by atoms with Gasteiger partial charge in [-0.15, -0.1) is 0 Å². The Morgan fingerprint density at radius 2 is 1.96 bits per heavy atom. The van der Waals surface area contributed by atoms with Crippen LogP contribution < -0.4 is 0 Å². The highest BCUT2D eigenvalue weighted by atomic mass is 32.2. The van der Waals surface area contributed by atoms with Crippen molar-refractivity contribution in [2.75, 3.05) is 7.05 Å². The van der Waals surface area contributed by atoms with Gasteiger partial charge in [-0.1, -0.05) is 32.0 Å². The molecule has 0 aliphatic rings. The van der Waals surface area contributed by atoms with E-state index >= 15 is 0 Å². The predicted octanol–water partition coefficient (Wildman–Crippen LogP) is 4.59. The first-order chi connectivity index (χ1) is 12.9. The standard InChI is InChI=1S/C17H20F3N5O2S/c1-11-21-10-25(22-11)14(16(2,3)4)23-27-15(26)24(5)28-13-8-6-7-12(9-13)17(18,19)20/h6-10H,1-5H3. The summed E-state index contributed by atoms with van der Waals surface area (Å²) >= 11 is 0.796. The number of nitrogens with zero attached hydrogens (tertiary/aromatic N) is 5. The van der Waals surface area contributed by atoms with E-state index < -0.39 is 23.2 Å². The Balaban J connectivity index is 2.12. The molecule has 0 saturated heterocycles. The minimum Gasteiger partial charge on any atom is -0.295 e. The smallest absolute Gasteiger partial charge is 0.295 e. The molecule has 0 unspecified atom stereocenters. The van der Waals surface area contributed by atoms with E-state index in [9.17, 15) is 18.0 Å². The number of oxime groups is 1. The number of rotatable bonds is 3. The molecule has 152 valence electrons. The van der Waals surface area contributed by atoms with Gasteiger partial charge in [0.25, 0.3) is 0 Å². The molecule has 7 nitrogen and oxygen atoms in total. The number of carbonyl (C=O) groups excluding carboxylic acids is 1. The van der Waals surface area contributed by atoms with Crippen LogP contribution in [-0.2, 0) is 11.0 Å². The number of carbonyl (C=O) groups is 1. The Morgan fingerprint density at radius 1 is 1.29 bits per heavy atom. The van der Waals surface area contributed by atoms with Gasteiger partial charge < -0.3 is 0 Å². The van der Waals surface area contributed by atoms with Crippen LogP contribution in [0.4, 0.5) is 18.0 Å². The van der Waals surface area contributed by atoms with Crippen LogP contribution in [0.2, 0.25) is 0 Å². The third kappa shape index (κ3) is 5.72. The van der Waals surface area contributed by atoms with Crippen LogP contribution in [0.3, 0.4) is 0 Å². The van der Waals surface area contributed by atoms with Crippen LogP contribution in [0.15, 0.2) is 40.6 Å². The number of hydrogen-bond donors (Lipinski definition) is 0. The summed E-state index contributed by atoms with van der Waals surface area (Å²) < 4.78 is 40.9. The molecular formula is C17H20F3N5O2S. The summed E-state index contributed by atoms with van der Waals surface area (Å²) in [5, 5.41) is 8.05. The summed E-state index contributed by atoms with van der Waals surface area (Å²) in [5.41, 5.74) is -1.30. The second-order valence-electron chi connectivity index (χ2n) is 6.87. The van der Waals surface area contributed by atoms with Gasteiger partial charge >= 0.3 is 12.3 Å². The van der Waals surface area contributed by atoms with Crippen LogP contribution in [-0.4, -0.2) is 38.0 Å². The van der Waals surface area contributed by atoms with E-state index in [1.54, 1.807) is 6.92 Å². The van der Waals surface area contributed by atoms with Crippen molar-refractivity contribution >= 4 is 23.9 Å². The third-order valence-corrected chi connectivity index (χ3v) is 4.25. The average molecular weight is 415 g/mol. The zero-order valence-corrected chi connectivity index (χ0v) is 16.8. The van der Waals surface area contributed by atoms with Crippen molar-refractivity contribution in [2.24, 2.45) is 10.6 Å². The molecule has 0 aliphatic heterocycles. The molecule has 0 fully saturated rings. The lowest BCUT2D eigenvalue weighted by molar-refractivity contribution is -0.137. The van der Waals surface area contributed by atoms with E-state index in [-0.39, 0.29) is 4.90 Å². The maximum absolute atomic E-state index is 12.8. The van der Waals surface area contributed by atoms with Gasteiger partial charge in [-0.25, -0.2) is 18.8 Å². The fourth-order valence-corrected chi connectivity index (χ4v) is 2.78. The topological polar surface area (TPSA) is 72.6 Å². The molecule has 0 bridgehead atoms. The van der Waals surface area contributed by atoms with Gasteiger partial charge in [-0.3, -0.25) is 4.84 Å². The number of amides is 1. The van der Waals surface area contributed by atoms with E-state index in [2.05, 4.69) is 15.2 Å². The Morgan fingerprint density at radius 3 is 2.50 bits per heavy atom. The fraction of sp³-hybridized carbons (Fsp3) is 0.412. The van der Waals surface area contributed by atoms with Gasteiger partial charge in [0.15, 0.2) is 5.84 Å². The zero-order valence-electron chi connectivity index (χ0n) is 16.0. The summed E-state index contributed by atoms with van der Waals surface area (Å²) in [6.07, 6.45) is -3.85. The Hall–Kier alpha value is -2.56. The van der Waals surface area contributed by atoms with E-state index in [0.717, 1.165) is 28.4 Å². The molecule has 1 heterocycles. The minimum absolute atomic E-state index is 0.237. The average Bonchev–Trinajstić information content (AvgIpc) is 2.99. The SMILES string of the molecule is Cc1ncn(C(=NOC(=O)N(C)Sc2cccc(C(F)(F)F)c2)C(C)(C)C)n1. The summed E-state index contributed by atoms with van der Waals surface area (Å²) in [7, 11) is 1.37. The lowest BCUT2D eigenvalue weighted by Crippen LogP contribution is -2.30. The summed E-state index contributed by atoms with van der Waals surface area (Å²) in [6, 6.07) is 4.65. The molecule has 0 atom stereocenters. The molecule has 1 amide bonds. The zero-order chi connectivity index (χ0) is 21.1. The van der Waals surface area contributed by atoms with Crippen molar-refractivity contribution in [1.29, 1.82) is 0 Å². The number of benzene rings is 1. The van der Waals surface area contributed by atoms with Crippen molar-refractivity contribution in [3.8, 4) is 0 Å². The van der Waals surface area contributed by atoms with Crippen molar-refractivity contribution in [3.63, 3.8) is 0 Å². The Bertz CT molecular complexity index is 874. The molecule has 0 aliphatic carbocycles. The van der Waals surface area contributed by atoms with Crippen molar-refractivity contribution in [3.05, 3.63) is 42.0 Å². The van der Waals surface area contributed by atoms with Gasteiger partial charge in [0, 0.05) is 17.4 Å². The minimum atomic E-state index is -4.46. The quantitative estimate of drug-likeness (QED) is 0.241. The van der Waals surface area contributed by atoms with E-state index in [4.69, 9.17) is 4.84 Å². The third-order valence-electron chi connectivity index (χ3n) is 3.37. The first kappa shape index (κ1) is 21.7. The molecule has 0 N–H and O–H groups in total. The Kier molecular flexibility index (Phi) is 6.37. The van der Waals surface area contributed by atoms with Crippen LogP contribution in [0.5, 0.6) is 0 Å². The van der Waals surface area contributed by atoms with Crippen LogP contribution in [0, 0.1) is 12.3 Å². The fourth-order valence-electron chi connectivity index (χ4n) is 2.03. The van der Waals surface area contributed by atoms with Gasteiger partial charge in [0.2, 0.25) is 0 Å². The largest absolute Gasteiger partial charge is 0.446 e. The molecule has 0 spiro atoms. The molecule has 1 aromatic heterocycles.